The molecule has 0 atom stereocenters. The maximum atomic E-state index is 8.93. The van der Waals surface area contributed by atoms with Gasteiger partial charge in [0.25, 0.3) is 0 Å². The third-order valence-corrected chi connectivity index (χ3v) is 3.00. The van der Waals surface area contributed by atoms with Gasteiger partial charge in [-0.05, 0) is 31.6 Å². The van der Waals surface area contributed by atoms with Gasteiger partial charge in [-0.3, -0.25) is 4.98 Å². The number of aromatic nitrogens is 2. The van der Waals surface area contributed by atoms with Crippen molar-refractivity contribution >= 4 is 5.82 Å². The Morgan fingerprint density at radius 1 is 1.47 bits per heavy atom. The van der Waals surface area contributed by atoms with Crippen LogP contribution < -0.4 is 5.32 Å². The second kappa shape index (κ2) is 4.14. The summed E-state index contributed by atoms with van der Waals surface area (Å²) in [6.07, 6.45) is 6.78. The number of anilines is 1. The number of aliphatic hydroxyl groups excluding tert-OH is 1. The van der Waals surface area contributed by atoms with E-state index in [4.69, 9.17) is 5.11 Å². The molecule has 0 unspecified atom stereocenters. The van der Waals surface area contributed by atoms with Crippen LogP contribution in [0.25, 0.3) is 0 Å². The lowest BCUT2D eigenvalue weighted by molar-refractivity contribution is 0.253. The van der Waals surface area contributed by atoms with E-state index in [1.807, 2.05) is 6.92 Å². The van der Waals surface area contributed by atoms with Crippen molar-refractivity contribution in [1.82, 2.24) is 9.97 Å². The fraction of sp³-hybridized carbons (Fsp3) is 0.636. The molecule has 1 aromatic rings. The van der Waals surface area contributed by atoms with E-state index in [2.05, 4.69) is 15.3 Å². The van der Waals surface area contributed by atoms with Crippen LogP contribution in [0.4, 0.5) is 5.82 Å². The number of aryl methyl sites for hydroxylation is 1. The summed E-state index contributed by atoms with van der Waals surface area (Å²) in [7, 11) is 0. The van der Waals surface area contributed by atoms with E-state index in [9.17, 15) is 0 Å². The first-order valence-corrected chi connectivity index (χ1v) is 5.37. The minimum absolute atomic E-state index is 0.279. The monoisotopic (exact) mass is 207 g/mol. The minimum atomic E-state index is 0.279. The average molecular weight is 207 g/mol. The Morgan fingerprint density at radius 3 is 2.87 bits per heavy atom. The molecule has 4 heteroatoms. The van der Waals surface area contributed by atoms with Crippen LogP contribution in [0.1, 0.15) is 25.0 Å². The molecule has 0 radical (unpaired) electrons. The molecule has 2 N–H and O–H groups in total. The molecule has 1 fully saturated rings. The lowest BCUT2D eigenvalue weighted by atomic mass is 10.0. The summed E-state index contributed by atoms with van der Waals surface area (Å²) in [5.41, 5.74) is 1.24. The molecular weight excluding hydrogens is 190 g/mol. The topological polar surface area (TPSA) is 58.0 Å². The molecular formula is C11H17N3O. The zero-order valence-electron chi connectivity index (χ0n) is 9.03. The molecule has 15 heavy (non-hydrogen) atoms. The molecule has 0 bridgehead atoms. The standard InChI is InChI=1S/C11H17N3O/c1-9-6-12-7-10(14-9)13-8-11(2-3-11)4-5-15/h6-7,15H,2-5,8H2,1H3,(H,13,14). The highest BCUT2D eigenvalue weighted by atomic mass is 16.3. The number of hydrogen-bond donors (Lipinski definition) is 2. The molecule has 0 amide bonds. The van der Waals surface area contributed by atoms with E-state index in [1.54, 1.807) is 12.4 Å². The normalized spacial score (nSPS) is 17.5. The molecule has 4 nitrogen and oxygen atoms in total. The van der Waals surface area contributed by atoms with Crippen LogP contribution in [0.2, 0.25) is 0 Å². The van der Waals surface area contributed by atoms with Gasteiger partial charge in [0.1, 0.15) is 5.82 Å². The van der Waals surface area contributed by atoms with Gasteiger partial charge in [0, 0.05) is 19.3 Å². The SMILES string of the molecule is Cc1cncc(NCC2(CCO)CC2)n1. The second-order valence-electron chi connectivity index (χ2n) is 4.37. The predicted molar refractivity (Wildman–Crippen MR) is 58.6 cm³/mol. The fourth-order valence-corrected chi connectivity index (χ4v) is 1.76. The summed E-state index contributed by atoms with van der Waals surface area (Å²) in [6, 6.07) is 0. The van der Waals surface area contributed by atoms with Gasteiger partial charge in [-0.1, -0.05) is 0 Å². The summed E-state index contributed by atoms with van der Waals surface area (Å²) in [4.78, 5) is 8.40. The van der Waals surface area contributed by atoms with Crippen molar-refractivity contribution in [3.63, 3.8) is 0 Å². The molecule has 1 aliphatic rings. The highest BCUT2D eigenvalue weighted by molar-refractivity contribution is 5.32. The van der Waals surface area contributed by atoms with Crippen molar-refractivity contribution in [1.29, 1.82) is 0 Å². The Balaban J connectivity index is 1.88. The highest BCUT2D eigenvalue weighted by Crippen LogP contribution is 2.48. The zero-order chi connectivity index (χ0) is 10.7. The molecule has 1 saturated carbocycles. The Labute approximate surface area is 89.8 Å². The van der Waals surface area contributed by atoms with Crippen LogP contribution in [-0.4, -0.2) is 28.2 Å². The second-order valence-corrected chi connectivity index (χ2v) is 4.37. The van der Waals surface area contributed by atoms with Gasteiger partial charge in [-0.2, -0.15) is 0 Å². The molecule has 82 valence electrons. The Kier molecular flexibility index (Phi) is 2.86. The first-order valence-electron chi connectivity index (χ1n) is 5.37. The molecule has 0 saturated heterocycles. The van der Waals surface area contributed by atoms with Gasteiger partial charge in [0.15, 0.2) is 0 Å². The number of hydrogen-bond acceptors (Lipinski definition) is 4. The van der Waals surface area contributed by atoms with Crippen LogP contribution in [0.3, 0.4) is 0 Å². The van der Waals surface area contributed by atoms with Crippen molar-refractivity contribution in [3.05, 3.63) is 18.1 Å². The van der Waals surface area contributed by atoms with Crippen LogP contribution in [-0.2, 0) is 0 Å². The lowest BCUT2D eigenvalue weighted by Crippen LogP contribution is -2.17. The molecule has 2 rings (SSSR count). The van der Waals surface area contributed by atoms with E-state index in [1.165, 1.54) is 12.8 Å². The summed E-state index contributed by atoms with van der Waals surface area (Å²) in [5.74, 6) is 0.833. The molecule has 1 heterocycles. The zero-order valence-corrected chi connectivity index (χ0v) is 9.03. The van der Waals surface area contributed by atoms with Gasteiger partial charge < -0.3 is 10.4 Å². The highest BCUT2D eigenvalue weighted by Gasteiger charge is 2.41. The van der Waals surface area contributed by atoms with Crippen LogP contribution in [0.15, 0.2) is 12.4 Å². The molecule has 1 aromatic heterocycles. The Hall–Kier alpha value is -1.16. The number of nitrogens with one attached hydrogen (secondary N) is 1. The average Bonchev–Trinajstić information content (AvgIpc) is 2.97. The van der Waals surface area contributed by atoms with E-state index < -0.39 is 0 Å². The number of nitrogens with zero attached hydrogens (tertiary/aromatic N) is 2. The third kappa shape index (κ3) is 2.65. The maximum absolute atomic E-state index is 8.93. The quantitative estimate of drug-likeness (QED) is 0.765. The molecule has 0 spiro atoms. The molecule has 1 aliphatic carbocycles. The summed E-state index contributed by atoms with van der Waals surface area (Å²) in [5, 5.41) is 12.2. The summed E-state index contributed by atoms with van der Waals surface area (Å²) < 4.78 is 0. The van der Waals surface area contributed by atoms with E-state index >= 15 is 0 Å². The minimum Gasteiger partial charge on any atom is -0.396 e. The molecule has 0 aliphatic heterocycles. The first kappa shape index (κ1) is 10.4. The lowest BCUT2D eigenvalue weighted by Gasteiger charge is -2.14. The largest absolute Gasteiger partial charge is 0.396 e. The van der Waals surface area contributed by atoms with E-state index in [0.717, 1.165) is 24.5 Å². The van der Waals surface area contributed by atoms with E-state index in [0.29, 0.717) is 5.41 Å². The van der Waals surface area contributed by atoms with Crippen molar-refractivity contribution < 1.29 is 5.11 Å². The van der Waals surface area contributed by atoms with Crippen LogP contribution in [0, 0.1) is 12.3 Å². The number of rotatable bonds is 5. The van der Waals surface area contributed by atoms with Gasteiger partial charge in [-0.15, -0.1) is 0 Å². The van der Waals surface area contributed by atoms with Gasteiger partial charge in [0.2, 0.25) is 0 Å². The van der Waals surface area contributed by atoms with Crippen molar-refractivity contribution in [3.8, 4) is 0 Å². The van der Waals surface area contributed by atoms with Gasteiger partial charge in [-0.25, -0.2) is 4.98 Å². The van der Waals surface area contributed by atoms with Crippen LogP contribution in [0.5, 0.6) is 0 Å². The van der Waals surface area contributed by atoms with Gasteiger partial charge in [0.05, 0.1) is 11.9 Å². The van der Waals surface area contributed by atoms with E-state index in [-0.39, 0.29) is 6.61 Å². The maximum Gasteiger partial charge on any atom is 0.144 e. The van der Waals surface area contributed by atoms with Crippen molar-refractivity contribution in [2.45, 2.75) is 26.2 Å². The third-order valence-electron chi connectivity index (χ3n) is 3.00. The smallest absolute Gasteiger partial charge is 0.144 e. The fourth-order valence-electron chi connectivity index (χ4n) is 1.76. The summed E-state index contributed by atoms with van der Waals surface area (Å²) >= 11 is 0. The Morgan fingerprint density at radius 2 is 2.27 bits per heavy atom. The summed E-state index contributed by atoms with van der Waals surface area (Å²) in [6.45, 7) is 3.10. The van der Waals surface area contributed by atoms with Crippen molar-refractivity contribution in [2.24, 2.45) is 5.41 Å². The first-order chi connectivity index (χ1) is 7.24. The van der Waals surface area contributed by atoms with Crippen molar-refractivity contribution in [2.75, 3.05) is 18.5 Å². The predicted octanol–water partition coefficient (Wildman–Crippen LogP) is 1.36. The number of aliphatic hydroxyl groups is 1. The molecule has 0 aromatic carbocycles. The van der Waals surface area contributed by atoms with Gasteiger partial charge >= 0.3 is 0 Å². The Bertz CT molecular complexity index is 336. The van der Waals surface area contributed by atoms with Crippen LogP contribution >= 0.6 is 0 Å².